The van der Waals surface area contributed by atoms with Crippen LogP contribution >= 0.6 is 15.9 Å². The van der Waals surface area contributed by atoms with Gasteiger partial charge in [-0.3, -0.25) is 0 Å². The summed E-state index contributed by atoms with van der Waals surface area (Å²) in [4.78, 5) is 4.66. The molecule has 90 valence electrons. The second-order valence-corrected chi connectivity index (χ2v) is 5.42. The molecular weight excluding hydrogens is 288 g/mol. The molecule has 2 heterocycles. The van der Waals surface area contributed by atoms with Crippen LogP contribution in [0.5, 0.6) is 0 Å². The van der Waals surface area contributed by atoms with Gasteiger partial charge in [0.1, 0.15) is 5.65 Å². The summed E-state index contributed by atoms with van der Waals surface area (Å²) in [6.07, 6.45) is 4.11. The van der Waals surface area contributed by atoms with Gasteiger partial charge in [-0.05, 0) is 41.4 Å². The van der Waals surface area contributed by atoms with Gasteiger partial charge in [-0.15, -0.1) is 0 Å². The Labute approximate surface area is 114 Å². The quantitative estimate of drug-likeness (QED) is 0.652. The third-order valence-electron chi connectivity index (χ3n) is 3.08. The highest BCUT2D eigenvalue weighted by molar-refractivity contribution is 9.10. The van der Waals surface area contributed by atoms with E-state index in [1.165, 1.54) is 11.1 Å². The smallest absolute Gasteiger partial charge is 0.137 e. The maximum absolute atomic E-state index is 4.66. The first-order valence-corrected chi connectivity index (χ1v) is 6.65. The topological polar surface area (TPSA) is 17.3 Å². The van der Waals surface area contributed by atoms with Gasteiger partial charge in [-0.1, -0.05) is 29.8 Å². The summed E-state index contributed by atoms with van der Waals surface area (Å²) in [6.45, 7) is 4.16. The van der Waals surface area contributed by atoms with E-state index < -0.39 is 0 Å². The molecule has 0 aliphatic heterocycles. The fourth-order valence-corrected chi connectivity index (χ4v) is 2.30. The Hall–Kier alpha value is -1.61. The Morgan fingerprint density at radius 2 is 1.78 bits per heavy atom. The van der Waals surface area contributed by atoms with Crippen LogP contribution in [0.1, 0.15) is 11.1 Å². The highest BCUT2D eigenvalue weighted by Crippen LogP contribution is 2.23. The summed E-state index contributed by atoms with van der Waals surface area (Å²) in [5, 5.41) is 0. The lowest BCUT2D eigenvalue weighted by molar-refractivity contribution is 1.16. The first-order chi connectivity index (χ1) is 8.63. The summed E-state index contributed by atoms with van der Waals surface area (Å²) in [5.74, 6) is 0. The number of rotatable bonds is 1. The lowest BCUT2D eigenvalue weighted by atomic mass is 10.1. The molecule has 0 saturated heterocycles. The number of pyridine rings is 1. The summed E-state index contributed by atoms with van der Waals surface area (Å²) in [6, 6.07) is 10.5. The Balaban J connectivity index is 2.16. The number of fused-ring (bicyclic) bond motifs is 1. The van der Waals surface area contributed by atoms with Crippen LogP contribution in [0.3, 0.4) is 0 Å². The Kier molecular flexibility index (Phi) is 2.71. The van der Waals surface area contributed by atoms with Gasteiger partial charge in [0.25, 0.3) is 0 Å². The zero-order valence-electron chi connectivity index (χ0n) is 10.3. The molecule has 0 amide bonds. The van der Waals surface area contributed by atoms with Gasteiger partial charge in [0.05, 0.1) is 5.69 Å². The molecule has 0 bridgehead atoms. The van der Waals surface area contributed by atoms with Gasteiger partial charge in [0.2, 0.25) is 0 Å². The average Bonchev–Trinajstić information content (AvgIpc) is 2.73. The first-order valence-electron chi connectivity index (χ1n) is 5.85. The van der Waals surface area contributed by atoms with Crippen molar-refractivity contribution in [3.05, 3.63) is 58.3 Å². The van der Waals surface area contributed by atoms with E-state index in [-0.39, 0.29) is 0 Å². The molecule has 0 unspecified atom stereocenters. The fourth-order valence-electron chi connectivity index (χ4n) is 1.97. The van der Waals surface area contributed by atoms with E-state index in [0.717, 1.165) is 21.4 Å². The standard InChI is InChI=1S/C15H13BrN2/c1-10-3-5-12(6-4-10)14-9-18-8-13(16)11(2)7-15(18)17-14/h3-9H,1-2H3. The number of aryl methyl sites for hydroxylation is 2. The molecule has 0 aliphatic carbocycles. The minimum atomic E-state index is 0.978. The molecule has 0 radical (unpaired) electrons. The molecule has 0 saturated carbocycles. The molecule has 1 aromatic carbocycles. The molecule has 3 heteroatoms. The van der Waals surface area contributed by atoms with Gasteiger partial charge in [0, 0.05) is 22.4 Å². The van der Waals surface area contributed by atoms with Crippen LogP contribution in [0.4, 0.5) is 0 Å². The van der Waals surface area contributed by atoms with Gasteiger partial charge >= 0.3 is 0 Å². The highest BCUT2D eigenvalue weighted by atomic mass is 79.9. The van der Waals surface area contributed by atoms with E-state index >= 15 is 0 Å². The van der Waals surface area contributed by atoms with Crippen molar-refractivity contribution in [2.24, 2.45) is 0 Å². The van der Waals surface area contributed by atoms with E-state index in [9.17, 15) is 0 Å². The largest absolute Gasteiger partial charge is 0.305 e. The number of halogens is 1. The first kappa shape index (κ1) is 11.5. The zero-order chi connectivity index (χ0) is 12.7. The van der Waals surface area contributed by atoms with Crippen LogP contribution in [0.25, 0.3) is 16.9 Å². The minimum absolute atomic E-state index is 0.978. The van der Waals surface area contributed by atoms with Crippen molar-refractivity contribution >= 4 is 21.6 Å². The predicted octanol–water partition coefficient (Wildman–Crippen LogP) is 4.38. The van der Waals surface area contributed by atoms with Crippen molar-refractivity contribution in [3.8, 4) is 11.3 Å². The molecule has 0 spiro atoms. The molecule has 3 rings (SSSR count). The van der Waals surface area contributed by atoms with E-state index in [0.29, 0.717) is 0 Å². The van der Waals surface area contributed by atoms with E-state index in [2.05, 4.69) is 77.5 Å². The van der Waals surface area contributed by atoms with Gasteiger partial charge in [-0.25, -0.2) is 4.98 Å². The van der Waals surface area contributed by atoms with Crippen LogP contribution in [-0.4, -0.2) is 9.38 Å². The number of imidazole rings is 1. The molecule has 0 fully saturated rings. The van der Waals surface area contributed by atoms with Gasteiger partial charge in [0.15, 0.2) is 0 Å². The highest BCUT2D eigenvalue weighted by Gasteiger charge is 2.05. The SMILES string of the molecule is Cc1ccc(-c2cn3cc(Br)c(C)cc3n2)cc1. The molecule has 3 aromatic rings. The van der Waals surface area contributed by atoms with Crippen LogP contribution in [-0.2, 0) is 0 Å². The van der Waals surface area contributed by atoms with Crippen molar-refractivity contribution in [1.29, 1.82) is 0 Å². The van der Waals surface area contributed by atoms with Crippen LogP contribution < -0.4 is 0 Å². The maximum atomic E-state index is 4.66. The second kappa shape index (κ2) is 4.25. The van der Waals surface area contributed by atoms with Crippen LogP contribution in [0.2, 0.25) is 0 Å². The van der Waals surface area contributed by atoms with Crippen LogP contribution in [0.15, 0.2) is 47.2 Å². The van der Waals surface area contributed by atoms with E-state index in [1.54, 1.807) is 0 Å². The van der Waals surface area contributed by atoms with Crippen molar-refractivity contribution < 1.29 is 0 Å². The summed E-state index contributed by atoms with van der Waals surface area (Å²) >= 11 is 3.54. The number of hydrogen-bond acceptors (Lipinski definition) is 1. The number of benzene rings is 1. The second-order valence-electron chi connectivity index (χ2n) is 4.56. The summed E-state index contributed by atoms with van der Waals surface area (Å²) < 4.78 is 3.15. The van der Waals surface area contributed by atoms with E-state index in [4.69, 9.17) is 0 Å². The summed E-state index contributed by atoms with van der Waals surface area (Å²) in [7, 11) is 0. The van der Waals surface area contributed by atoms with Crippen molar-refractivity contribution in [1.82, 2.24) is 9.38 Å². The number of nitrogens with zero attached hydrogens (tertiary/aromatic N) is 2. The third kappa shape index (κ3) is 1.95. The Bertz CT molecular complexity index is 672. The molecule has 0 N–H and O–H groups in total. The molecule has 0 aliphatic rings. The van der Waals surface area contributed by atoms with Crippen molar-refractivity contribution in [2.45, 2.75) is 13.8 Å². The van der Waals surface area contributed by atoms with Crippen molar-refractivity contribution in [3.63, 3.8) is 0 Å². The van der Waals surface area contributed by atoms with Gasteiger partial charge < -0.3 is 4.40 Å². The number of aromatic nitrogens is 2. The molecular formula is C15H13BrN2. The zero-order valence-corrected chi connectivity index (χ0v) is 11.9. The number of hydrogen-bond donors (Lipinski definition) is 0. The van der Waals surface area contributed by atoms with Gasteiger partial charge in [-0.2, -0.15) is 0 Å². The normalized spacial score (nSPS) is 11.1. The molecule has 18 heavy (non-hydrogen) atoms. The Morgan fingerprint density at radius 3 is 2.50 bits per heavy atom. The van der Waals surface area contributed by atoms with E-state index in [1.807, 2.05) is 4.40 Å². The lowest BCUT2D eigenvalue weighted by Gasteiger charge is -1.98. The predicted molar refractivity (Wildman–Crippen MR) is 77.8 cm³/mol. The molecule has 0 atom stereocenters. The van der Waals surface area contributed by atoms with Crippen molar-refractivity contribution in [2.75, 3.05) is 0 Å². The summed E-state index contributed by atoms with van der Waals surface area (Å²) in [5.41, 5.74) is 5.60. The average molecular weight is 301 g/mol. The minimum Gasteiger partial charge on any atom is -0.305 e. The maximum Gasteiger partial charge on any atom is 0.137 e. The fraction of sp³-hybridized carbons (Fsp3) is 0.133. The van der Waals surface area contributed by atoms with Crippen LogP contribution in [0, 0.1) is 13.8 Å². The molecule has 2 nitrogen and oxygen atoms in total. The monoisotopic (exact) mass is 300 g/mol. The lowest BCUT2D eigenvalue weighted by Crippen LogP contribution is -1.85. The molecule has 2 aromatic heterocycles. The Morgan fingerprint density at radius 1 is 1.06 bits per heavy atom. The third-order valence-corrected chi connectivity index (χ3v) is 3.91.